The number of carbonyl (C=O) groups excluding carboxylic acids is 1. The van der Waals surface area contributed by atoms with Gasteiger partial charge in [-0.15, -0.1) is 0 Å². The first-order valence-electron chi connectivity index (χ1n) is 6.61. The van der Waals surface area contributed by atoms with Gasteiger partial charge in [-0.2, -0.15) is 0 Å². The molecule has 17 heavy (non-hydrogen) atoms. The Labute approximate surface area is 102 Å². The highest BCUT2D eigenvalue weighted by Crippen LogP contribution is 2.76. The number of Topliss-reactive ketones (excluding diaryl/α,β-unsaturated/α-hetero) is 1. The maximum Gasteiger partial charge on any atom is 0.170 e. The summed E-state index contributed by atoms with van der Waals surface area (Å²) in [4.78, 5) is 12.3. The predicted octanol–water partition coefficient (Wildman–Crippen LogP) is 1.37. The van der Waals surface area contributed by atoms with Crippen LogP contribution in [0.1, 0.15) is 40.0 Å². The van der Waals surface area contributed by atoms with E-state index < -0.39 is 11.5 Å². The van der Waals surface area contributed by atoms with Gasteiger partial charge in [0.15, 0.2) is 5.78 Å². The number of hydrogen-bond donors (Lipinski definition) is 2. The first-order chi connectivity index (χ1) is 7.77. The van der Waals surface area contributed by atoms with Crippen molar-refractivity contribution >= 4 is 5.78 Å². The lowest BCUT2D eigenvalue weighted by Crippen LogP contribution is -2.48. The Balaban J connectivity index is 2.01. The van der Waals surface area contributed by atoms with Gasteiger partial charge in [-0.1, -0.05) is 20.8 Å². The molecule has 0 aromatic rings. The van der Waals surface area contributed by atoms with Gasteiger partial charge in [-0.05, 0) is 41.9 Å². The summed E-state index contributed by atoms with van der Waals surface area (Å²) in [5, 5.41) is 19.8. The second-order valence-electron chi connectivity index (χ2n) is 7.49. The fourth-order valence-electron chi connectivity index (χ4n) is 4.87. The zero-order valence-corrected chi connectivity index (χ0v) is 10.9. The third-order valence-corrected chi connectivity index (χ3v) is 5.95. The summed E-state index contributed by atoms with van der Waals surface area (Å²) in [6.45, 7) is 6.47. The fraction of sp³-hybridized carbons (Fsp3) is 0.929. The van der Waals surface area contributed by atoms with Gasteiger partial charge in [0, 0.05) is 0 Å². The monoisotopic (exact) mass is 238 g/mol. The number of hydrogen-bond acceptors (Lipinski definition) is 3. The molecule has 0 amide bonds. The summed E-state index contributed by atoms with van der Waals surface area (Å²) in [6.07, 6.45) is 1.93. The molecule has 96 valence electrons. The third kappa shape index (κ3) is 1.17. The van der Waals surface area contributed by atoms with Crippen LogP contribution in [0.15, 0.2) is 0 Å². The second kappa shape index (κ2) is 2.94. The lowest BCUT2D eigenvalue weighted by molar-refractivity contribution is -0.146. The Bertz CT molecular complexity index is 389. The maximum atomic E-state index is 12.3. The van der Waals surface area contributed by atoms with Crippen LogP contribution >= 0.6 is 0 Å². The third-order valence-electron chi connectivity index (χ3n) is 5.95. The summed E-state index contributed by atoms with van der Waals surface area (Å²) in [6, 6.07) is 0. The lowest BCUT2D eigenvalue weighted by atomic mass is 9.67. The molecule has 0 aromatic carbocycles. The molecule has 0 unspecified atom stereocenters. The SMILES string of the molecule is CC1(C)C[C@H]2[C@@H](O)C(=O)[C@]3(CO)C[C@]3(C)[C@H]2C1. The van der Waals surface area contributed by atoms with Crippen LogP contribution in [0.2, 0.25) is 0 Å². The Kier molecular flexibility index (Phi) is 2.02. The molecular weight excluding hydrogens is 216 g/mol. The second-order valence-corrected chi connectivity index (χ2v) is 7.49. The zero-order chi connectivity index (χ0) is 12.6. The summed E-state index contributed by atoms with van der Waals surface area (Å²) in [7, 11) is 0. The van der Waals surface area contributed by atoms with E-state index >= 15 is 0 Å². The van der Waals surface area contributed by atoms with Gasteiger partial charge < -0.3 is 10.2 Å². The van der Waals surface area contributed by atoms with Crippen molar-refractivity contribution in [3.63, 3.8) is 0 Å². The standard InChI is InChI=1S/C14H22O3/c1-12(2)4-8-9(5-12)13(3)6-14(13,7-15)11(17)10(8)16/h8-10,15-16H,4-7H2,1-3H3/t8-,9+,10-,13-,14-/m1/s1. The normalized spacial score (nSPS) is 55.4. The fourth-order valence-corrected chi connectivity index (χ4v) is 4.87. The van der Waals surface area contributed by atoms with Crippen molar-refractivity contribution in [3.05, 3.63) is 0 Å². The Morgan fingerprint density at radius 3 is 2.53 bits per heavy atom. The molecule has 3 nitrogen and oxygen atoms in total. The minimum atomic E-state index is -0.843. The number of carbonyl (C=O) groups is 1. The van der Waals surface area contributed by atoms with Crippen LogP contribution in [0, 0.1) is 28.1 Å². The molecule has 3 rings (SSSR count). The van der Waals surface area contributed by atoms with Crippen molar-refractivity contribution in [2.45, 2.75) is 46.1 Å². The molecule has 3 heteroatoms. The van der Waals surface area contributed by atoms with Gasteiger partial charge in [-0.3, -0.25) is 4.79 Å². The van der Waals surface area contributed by atoms with Crippen LogP contribution in [0.3, 0.4) is 0 Å². The van der Waals surface area contributed by atoms with Gasteiger partial charge in [-0.25, -0.2) is 0 Å². The van der Waals surface area contributed by atoms with Gasteiger partial charge in [0.2, 0.25) is 0 Å². The van der Waals surface area contributed by atoms with Gasteiger partial charge in [0.1, 0.15) is 6.10 Å². The van der Waals surface area contributed by atoms with Gasteiger partial charge in [0.05, 0.1) is 12.0 Å². The van der Waals surface area contributed by atoms with Gasteiger partial charge in [0.25, 0.3) is 0 Å². The van der Waals surface area contributed by atoms with Crippen molar-refractivity contribution in [1.82, 2.24) is 0 Å². The lowest BCUT2D eigenvalue weighted by Gasteiger charge is -2.38. The highest BCUT2D eigenvalue weighted by molar-refractivity contribution is 5.94. The molecule has 0 saturated heterocycles. The van der Waals surface area contributed by atoms with E-state index in [0.717, 1.165) is 19.3 Å². The minimum Gasteiger partial charge on any atom is -0.395 e. The van der Waals surface area contributed by atoms with Crippen molar-refractivity contribution < 1.29 is 15.0 Å². The Morgan fingerprint density at radius 1 is 1.29 bits per heavy atom. The van der Waals surface area contributed by atoms with Crippen LogP contribution in [-0.2, 0) is 4.79 Å². The van der Waals surface area contributed by atoms with Crippen LogP contribution in [0.25, 0.3) is 0 Å². The Hall–Kier alpha value is -0.410. The van der Waals surface area contributed by atoms with Crippen molar-refractivity contribution in [2.75, 3.05) is 6.61 Å². The molecule has 3 aliphatic rings. The average molecular weight is 238 g/mol. The van der Waals surface area contributed by atoms with E-state index in [1.807, 2.05) is 0 Å². The summed E-state index contributed by atoms with van der Waals surface area (Å²) < 4.78 is 0. The number of fused-ring (bicyclic) bond motifs is 3. The summed E-state index contributed by atoms with van der Waals surface area (Å²) in [5.74, 6) is 0.420. The molecule has 3 fully saturated rings. The van der Waals surface area contributed by atoms with Crippen molar-refractivity contribution in [2.24, 2.45) is 28.1 Å². The average Bonchev–Trinajstić information content (AvgIpc) is 2.75. The minimum absolute atomic E-state index is 0.0590. The molecule has 0 heterocycles. The van der Waals surface area contributed by atoms with Crippen LogP contribution in [0.5, 0.6) is 0 Å². The van der Waals surface area contributed by atoms with E-state index in [-0.39, 0.29) is 29.1 Å². The van der Waals surface area contributed by atoms with E-state index in [9.17, 15) is 15.0 Å². The molecular formula is C14H22O3. The van der Waals surface area contributed by atoms with Crippen molar-refractivity contribution in [3.8, 4) is 0 Å². The molecule has 0 bridgehead atoms. The molecule has 0 aromatic heterocycles. The molecule has 3 aliphatic carbocycles. The number of ketones is 1. The highest BCUT2D eigenvalue weighted by atomic mass is 16.3. The van der Waals surface area contributed by atoms with Crippen LogP contribution < -0.4 is 0 Å². The van der Waals surface area contributed by atoms with Gasteiger partial charge >= 0.3 is 0 Å². The highest BCUT2D eigenvalue weighted by Gasteiger charge is 2.77. The molecule has 2 N–H and O–H groups in total. The zero-order valence-electron chi connectivity index (χ0n) is 10.9. The quantitative estimate of drug-likeness (QED) is 0.725. The molecule has 0 spiro atoms. The molecule has 5 atom stereocenters. The van der Waals surface area contributed by atoms with E-state index in [1.165, 1.54) is 0 Å². The smallest absolute Gasteiger partial charge is 0.170 e. The summed E-state index contributed by atoms with van der Waals surface area (Å²) in [5.41, 5.74) is -0.460. The number of aliphatic hydroxyl groups is 2. The number of aliphatic hydroxyl groups excluding tert-OH is 2. The van der Waals surface area contributed by atoms with E-state index in [4.69, 9.17) is 0 Å². The molecule has 3 saturated carbocycles. The van der Waals surface area contributed by atoms with E-state index in [1.54, 1.807) is 0 Å². The maximum absolute atomic E-state index is 12.3. The predicted molar refractivity (Wildman–Crippen MR) is 63.3 cm³/mol. The Morgan fingerprint density at radius 2 is 1.94 bits per heavy atom. The first-order valence-corrected chi connectivity index (χ1v) is 6.61. The van der Waals surface area contributed by atoms with Crippen LogP contribution in [-0.4, -0.2) is 28.7 Å². The van der Waals surface area contributed by atoms with Crippen LogP contribution in [0.4, 0.5) is 0 Å². The molecule has 0 aliphatic heterocycles. The molecule has 0 radical (unpaired) electrons. The number of rotatable bonds is 1. The van der Waals surface area contributed by atoms with E-state index in [0.29, 0.717) is 5.92 Å². The summed E-state index contributed by atoms with van der Waals surface area (Å²) >= 11 is 0. The first kappa shape index (κ1) is 11.7. The van der Waals surface area contributed by atoms with Crippen molar-refractivity contribution in [1.29, 1.82) is 0 Å². The largest absolute Gasteiger partial charge is 0.395 e. The topological polar surface area (TPSA) is 57.5 Å². The van der Waals surface area contributed by atoms with E-state index in [2.05, 4.69) is 20.8 Å².